The van der Waals surface area contributed by atoms with E-state index in [-0.39, 0.29) is 5.56 Å². The number of rotatable bonds is 1. The number of H-pyrrole nitrogens is 1. The molecule has 0 spiro atoms. The van der Waals surface area contributed by atoms with Crippen LogP contribution in [0.3, 0.4) is 0 Å². The van der Waals surface area contributed by atoms with E-state index in [4.69, 9.17) is 11.6 Å². The molecule has 2 rings (SSSR count). The molecule has 0 bridgehead atoms. The maximum absolute atomic E-state index is 11.3. The lowest BCUT2D eigenvalue weighted by atomic mass is 10.5. The molecule has 0 aliphatic carbocycles. The maximum Gasteiger partial charge on any atom is 0.266 e. The fourth-order valence-electron chi connectivity index (χ4n) is 1.08. The number of hydrogen-bond donors (Lipinski definition) is 1. The van der Waals surface area contributed by atoms with Gasteiger partial charge in [0.05, 0.1) is 23.2 Å². The van der Waals surface area contributed by atoms with Crippen molar-refractivity contribution in [3.63, 3.8) is 0 Å². The minimum absolute atomic E-state index is 0.190. The summed E-state index contributed by atoms with van der Waals surface area (Å²) in [6.45, 7) is 1.79. The molecule has 0 radical (unpaired) electrons. The quantitative estimate of drug-likeness (QED) is 0.803. The van der Waals surface area contributed by atoms with Crippen LogP contribution in [0.4, 0.5) is 0 Å². The van der Waals surface area contributed by atoms with Crippen molar-refractivity contribution in [3.8, 4) is 5.82 Å². The topological polar surface area (TPSA) is 63.6 Å². The van der Waals surface area contributed by atoms with Crippen LogP contribution in [0.5, 0.6) is 0 Å². The Morgan fingerprint density at radius 1 is 1.60 bits per heavy atom. The van der Waals surface area contributed by atoms with Crippen LogP contribution in [0.2, 0.25) is 5.02 Å². The molecule has 0 atom stereocenters. The normalized spacial score (nSPS) is 10.6. The highest BCUT2D eigenvalue weighted by molar-refractivity contribution is 14.1. The standard InChI is InChI=1S/C8H6ClIN4O/c1-4-5(9)2-14(13-4)7-6(10)8(15)12-3-11-7/h2-3H,1H3,(H,11,12,15). The number of hydrogen-bond acceptors (Lipinski definition) is 3. The molecule has 7 heteroatoms. The molecule has 5 nitrogen and oxygen atoms in total. The molecular weight excluding hydrogens is 330 g/mol. The molecule has 1 N–H and O–H groups in total. The van der Waals surface area contributed by atoms with E-state index in [0.29, 0.717) is 20.1 Å². The molecule has 2 aromatic rings. The molecule has 2 aromatic heterocycles. The minimum atomic E-state index is -0.190. The Kier molecular flexibility index (Phi) is 2.79. The molecule has 0 saturated carbocycles. The van der Waals surface area contributed by atoms with Crippen molar-refractivity contribution in [1.29, 1.82) is 0 Å². The van der Waals surface area contributed by atoms with Crippen LogP contribution in [0, 0.1) is 10.5 Å². The zero-order chi connectivity index (χ0) is 11.0. The first-order valence-corrected chi connectivity index (χ1v) is 5.50. The van der Waals surface area contributed by atoms with E-state index in [1.165, 1.54) is 11.0 Å². The lowest BCUT2D eigenvalue weighted by Crippen LogP contribution is -2.15. The third kappa shape index (κ3) is 1.91. The highest BCUT2D eigenvalue weighted by Crippen LogP contribution is 2.16. The van der Waals surface area contributed by atoms with Gasteiger partial charge >= 0.3 is 0 Å². The summed E-state index contributed by atoms with van der Waals surface area (Å²) in [6.07, 6.45) is 2.96. The summed E-state index contributed by atoms with van der Waals surface area (Å²) < 4.78 is 1.98. The molecular formula is C8H6ClIN4O. The molecule has 0 aliphatic rings. The molecule has 15 heavy (non-hydrogen) atoms. The summed E-state index contributed by atoms with van der Waals surface area (Å²) in [5.74, 6) is 0.481. The van der Waals surface area contributed by atoms with Crippen LogP contribution in [0.15, 0.2) is 17.3 Å². The van der Waals surface area contributed by atoms with Gasteiger partial charge in [0.2, 0.25) is 0 Å². The fraction of sp³-hybridized carbons (Fsp3) is 0.125. The van der Waals surface area contributed by atoms with Crippen LogP contribution in [-0.4, -0.2) is 19.7 Å². The summed E-state index contributed by atoms with van der Waals surface area (Å²) in [5.41, 5.74) is 0.513. The SMILES string of the molecule is Cc1nn(-c2nc[nH]c(=O)c2I)cc1Cl. The first-order valence-electron chi connectivity index (χ1n) is 4.05. The van der Waals surface area contributed by atoms with Gasteiger partial charge < -0.3 is 4.98 Å². The van der Waals surface area contributed by atoms with Crippen LogP contribution >= 0.6 is 34.2 Å². The molecule has 0 amide bonds. The Balaban J connectivity index is 2.64. The van der Waals surface area contributed by atoms with Crippen molar-refractivity contribution in [1.82, 2.24) is 19.7 Å². The third-order valence-electron chi connectivity index (χ3n) is 1.83. The maximum atomic E-state index is 11.3. The number of halogens is 2. The largest absolute Gasteiger partial charge is 0.312 e. The van der Waals surface area contributed by atoms with E-state index in [9.17, 15) is 4.79 Å². The first-order chi connectivity index (χ1) is 7.09. The number of aryl methyl sites for hydroxylation is 1. The summed E-state index contributed by atoms with van der Waals surface area (Å²) in [6, 6.07) is 0. The Labute approximate surface area is 104 Å². The van der Waals surface area contributed by atoms with Gasteiger partial charge in [-0.3, -0.25) is 4.79 Å². The molecule has 0 aromatic carbocycles. The highest BCUT2D eigenvalue weighted by Gasteiger charge is 2.10. The van der Waals surface area contributed by atoms with Crippen molar-refractivity contribution in [2.75, 3.05) is 0 Å². The molecule has 78 valence electrons. The van der Waals surface area contributed by atoms with Gasteiger partial charge in [-0.15, -0.1) is 0 Å². The molecule has 0 unspecified atom stereocenters. The van der Waals surface area contributed by atoms with E-state index in [1.54, 1.807) is 13.1 Å². The summed E-state index contributed by atoms with van der Waals surface area (Å²) in [5, 5.41) is 4.70. The van der Waals surface area contributed by atoms with Crippen LogP contribution in [-0.2, 0) is 0 Å². The Morgan fingerprint density at radius 2 is 2.33 bits per heavy atom. The number of aromatic nitrogens is 4. The van der Waals surface area contributed by atoms with E-state index in [2.05, 4.69) is 15.1 Å². The Bertz CT molecular complexity index is 543. The molecule has 0 saturated heterocycles. The Hall–Kier alpha value is -0.890. The third-order valence-corrected chi connectivity index (χ3v) is 3.18. The van der Waals surface area contributed by atoms with Crippen LogP contribution in [0.1, 0.15) is 5.69 Å². The molecule has 2 heterocycles. The van der Waals surface area contributed by atoms with E-state index < -0.39 is 0 Å². The van der Waals surface area contributed by atoms with Crippen LogP contribution < -0.4 is 5.56 Å². The zero-order valence-corrected chi connectivity index (χ0v) is 10.6. The summed E-state index contributed by atoms with van der Waals surface area (Å²) in [4.78, 5) is 17.9. The van der Waals surface area contributed by atoms with Gasteiger partial charge in [0, 0.05) is 0 Å². The summed E-state index contributed by atoms with van der Waals surface area (Å²) >= 11 is 7.79. The second-order valence-electron chi connectivity index (χ2n) is 2.88. The van der Waals surface area contributed by atoms with Gasteiger partial charge in [0.1, 0.15) is 3.57 Å². The second kappa shape index (κ2) is 3.93. The minimum Gasteiger partial charge on any atom is -0.312 e. The summed E-state index contributed by atoms with van der Waals surface area (Å²) in [7, 11) is 0. The predicted octanol–water partition coefficient (Wildman–Crippen LogP) is 1.52. The highest BCUT2D eigenvalue weighted by atomic mass is 127. The Morgan fingerprint density at radius 3 is 2.93 bits per heavy atom. The van der Waals surface area contributed by atoms with Crippen molar-refractivity contribution < 1.29 is 0 Å². The number of nitrogens with zero attached hydrogens (tertiary/aromatic N) is 3. The molecule has 0 fully saturated rings. The van der Waals surface area contributed by atoms with Gasteiger partial charge in [-0.25, -0.2) is 9.67 Å². The monoisotopic (exact) mass is 336 g/mol. The lowest BCUT2D eigenvalue weighted by molar-refractivity contribution is 0.815. The van der Waals surface area contributed by atoms with Gasteiger partial charge in [-0.1, -0.05) is 11.6 Å². The van der Waals surface area contributed by atoms with E-state index in [1.807, 2.05) is 22.6 Å². The van der Waals surface area contributed by atoms with Crippen molar-refractivity contribution >= 4 is 34.2 Å². The fourth-order valence-corrected chi connectivity index (χ4v) is 1.75. The van der Waals surface area contributed by atoms with Crippen molar-refractivity contribution in [2.45, 2.75) is 6.92 Å². The first kappa shape index (κ1) is 10.6. The van der Waals surface area contributed by atoms with Gasteiger partial charge in [-0.05, 0) is 29.5 Å². The van der Waals surface area contributed by atoms with Crippen molar-refractivity contribution in [2.24, 2.45) is 0 Å². The van der Waals surface area contributed by atoms with Crippen molar-refractivity contribution in [3.05, 3.63) is 37.2 Å². The predicted molar refractivity (Wildman–Crippen MR) is 64.4 cm³/mol. The molecule has 0 aliphatic heterocycles. The zero-order valence-electron chi connectivity index (χ0n) is 7.66. The van der Waals surface area contributed by atoms with Crippen LogP contribution in [0.25, 0.3) is 5.82 Å². The second-order valence-corrected chi connectivity index (χ2v) is 4.36. The number of nitrogens with one attached hydrogen (secondary N) is 1. The van der Waals surface area contributed by atoms with Gasteiger partial charge in [0.25, 0.3) is 5.56 Å². The van der Waals surface area contributed by atoms with Gasteiger partial charge in [-0.2, -0.15) is 5.10 Å². The average molecular weight is 337 g/mol. The number of aromatic amines is 1. The van der Waals surface area contributed by atoms with E-state index in [0.717, 1.165) is 0 Å². The lowest BCUT2D eigenvalue weighted by Gasteiger charge is -2.00. The average Bonchev–Trinajstić information content (AvgIpc) is 2.51. The van der Waals surface area contributed by atoms with E-state index >= 15 is 0 Å². The smallest absolute Gasteiger partial charge is 0.266 e. The van der Waals surface area contributed by atoms with Gasteiger partial charge in [0.15, 0.2) is 5.82 Å².